The van der Waals surface area contributed by atoms with Crippen LogP contribution in [0.15, 0.2) is 29.6 Å². The average molecular weight is 232 g/mol. The zero-order valence-electron chi connectivity index (χ0n) is 9.82. The van der Waals surface area contributed by atoms with Crippen LogP contribution in [0.4, 0.5) is 0 Å². The molecule has 0 aliphatic heterocycles. The largest absolute Gasteiger partial charge is 0.386 e. The Hall–Kier alpha value is -1.48. The lowest BCUT2D eigenvalue weighted by Gasteiger charge is -2.12. The molecule has 1 N–H and O–H groups in total. The molecule has 0 fully saturated rings. The highest BCUT2D eigenvalue weighted by Gasteiger charge is 2.02. The van der Waals surface area contributed by atoms with Crippen molar-refractivity contribution in [2.45, 2.75) is 13.8 Å². The number of rotatable bonds is 3. The van der Waals surface area contributed by atoms with Gasteiger partial charge in [0.15, 0.2) is 0 Å². The zero-order chi connectivity index (χ0) is 11.5. The third-order valence-electron chi connectivity index (χ3n) is 2.53. The Morgan fingerprint density at radius 2 is 2.19 bits per heavy atom. The Bertz CT molecular complexity index is 505. The molecule has 0 aliphatic rings. The van der Waals surface area contributed by atoms with E-state index in [-0.39, 0.29) is 0 Å². The van der Waals surface area contributed by atoms with E-state index in [1.54, 1.807) is 11.5 Å². The van der Waals surface area contributed by atoms with Crippen LogP contribution in [0.5, 0.6) is 0 Å². The summed E-state index contributed by atoms with van der Waals surface area (Å²) in [5.74, 6) is 0. The van der Waals surface area contributed by atoms with Crippen molar-refractivity contribution < 1.29 is 0 Å². The molecule has 0 unspecified atom stereocenters. The number of hydrogen-bond donors (Lipinski definition) is 1. The molecule has 0 radical (unpaired) electrons. The molecule has 2 rings (SSSR count). The first-order valence-electron chi connectivity index (χ1n) is 5.30. The van der Waals surface area contributed by atoms with Gasteiger partial charge in [-0.2, -0.15) is 0 Å². The van der Waals surface area contributed by atoms with Crippen LogP contribution in [-0.2, 0) is 0 Å². The minimum absolute atomic E-state index is 1.14. The van der Waals surface area contributed by atoms with Gasteiger partial charge in [0.1, 0.15) is 0 Å². The molecule has 84 valence electrons. The van der Waals surface area contributed by atoms with E-state index < -0.39 is 0 Å². The molecule has 0 aliphatic carbocycles. The highest BCUT2D eigenvalue weighted by Crippen LogP contribution is 2.18. The number of aryl methyl sites for hydroxylation is 2. The summed E-state index contributed by atoms with van der Waals surface area (Å²) < 4.78 is 2.16. The molecular formula is C13H16N2S. The Morgan fingerprint density at radius 1 is 1.38 bits per heavy atom. The van der Waals surface area contributed by atoms with Crippen molar-refractivity contribution in [3.05, 3.63) is 46.5 Å². The molecule has 0 bridgehead atoms. The smallest absolute Gasteiger partial charge is 0.0590 e. The normalized spacial score (nSPS) is 11.8. The lowest BCUT2D eigenvalue weighted by molar-refractivity contribution is 1.09. The molecule has 0 atom stereocenters. The van der Waals surface area contributed by atoms with Gasteiger partial charge >= 0.3 is 0 Å². The van der Waals surface area contributed by atoms with Gasteiger partial charge in [-0.25, -0.2) is 0 Å². The second kappa shape index (κ2) is 4.58. The van der Waals surface area contributed by atoms with E-state index in [4.69, 9.17) is 0 Å². The van der Waals surface area contributed by atoms with Gasteiger partial charge in [0.05, 0.1) is 5.70 Å². The van der Waals surface area contributed by atoms with E-state index in [1.165, 1.54) is 16.8 Å². The zero-order valence-corrected chi connectivity index (χ0v) is 10.6. The van der Waals surface area contributed by atoms with Crippen LogP contribution in [0.25, 0.3) is 11.9 Å². The van der Waals surface area contributed by atoms with Crippen molar-refractivity contribution in [1.29, 1.82) is 0 Å². The summed E-state index contributed by atoms with van der Waals surface area (Å²) in [4.78, 5) is 0. The molecule has 1 heterocycles. The summed E-state index contributed by atoms with van der Waals surface area (Å²) in [6, 6.07) is 8.51. The van der Waals surface area contributed by atoms with E-state index >= 15 is 0 Å². The molecule has 2 nitrogen and oxygen atoms in total. The average Bonchev–Trinajstić information content (AvgIpc) is 2.28. The van der Waals surface area contributed by atoms with E-state index in [1.807, 2.05) is 7.05 Å². The molecule has 2 aromatic rings. The highest BCUT2D eigenvalue weighted by atomic mass is 32.1. The van der Waals surface area contributed by atoms with Crippen LogP contribution >= 0.6 is 11.5 Å². The Kier molecular flexibility index (Phi) is 3.15. The summed E-state index contributed by atoms with van der Waals surface area (Å²) in [5.41, 5.74) is 4.93. The third-order valence-corrected chi connectivity index (χ3v) is 3.60. The van der Waals surface area contributed by atoms with Gasteiger partial charge in [-0.1, -0.05) is 35.3 Å². The first-order valence-corrected chi connectivity index (χ1v) is 6.14. The van der Waals surface area contributed by atoms with E-state index in [2.05, 4.69) is 59.0 Å². The maximum atomic E-state index is 3.24. The van der Waals surface area contributed by atoms with Crippen LogP contribution in [0, 0.1) is 13.8 Å². The van der Waals surface area contributed by atoms with Crippen LogP contribution in [0.3, 0.4) is 0 Å². The lowest BCUT2D eigenvalue weighted by atomic mass is 10.1. The number of hydrogen-bond acceptors (Lipinski definition) is 2. The fraction of sp³-hybridized carbons (Fsp3) is 0.231. The molecule has 1 aromatic heterocycles. The third kappa shape index (κ3) is 2.19. The monoisotopic (exact) mass is 232 g/mol. The minimum Gasteiger partial charge on any atom is -0.386 e. The summed E-state index contributed by atoms with van der Waals surface area (Å²) in [7, 11) is 1.96. The Morgan fingerprint density at radius 3 is 2.69 bits per heavy atom. The SMILES string of the molecule is CN/C(=C\n1scc1C)c1cccc(C)c1. The van der Waals surface area contributed by atoms with Crippen molar-refractivity contribution in [1.82, 2.24) is 9.27 Å². The van der Waals surface area contributed by atoms with Gasteiger partial charge in [-0.05, 0) is 25.5 Å². The highest BCUT2D eigenvalue weighted by molar-refractivity contribution is 7.06. The van der Waals surface area contributed by atoms with Gasteiger partial charge in [-0.3, -0.25) is 3.96 Å². The first kappa shape index (κ1) is 11.0. The van der Waals surface area contributed by atoms with Gasteiger partial charge in [0, 0.05) is 24.3 Å². The van der Waals surface area contributed by atoms with Crippen molar-refractivity contribution >= 4 is 23.4 Å². The van der Waals surface area contributed by atoms with Crippen molar-refractivity contribution in [3.8, 4) is 0 Å². The molecule has 0 amide bonds. The second-order valence-corrected chi connectivity index (χ2v) is 4.69. The molecule has 0 spiro atoms. The number of nitrogens with one attached hydrogen (secondary N) is 1. The Balaban J connectivity index is 2.35. The Labute approximate surface area is 100 Å². The fourth-order valence-corrected chi connectivity index (χ4v) is 2.17. The van der Waals surface area contributed by atoms with E-state index in [0.717, 1.165) is 5.70 Å². The summed E-state index contributed by atoms with van der Waals surface area (Å²) >= 11 is 1.71. The van der Waals surface area contributed by atoms with Gasteiger partial charge in [-0.15, -0.1) is 0 Å². The first-order chi connectivity index (χ1) is 7.70. The number of nitrogens with zero attached hydrogens (tertiary/aromatic N) is 1. The quantitative estimate of drug-likeness (QED) is 0.859. The second-order valence-electron chi connectivity index (χ2n) is 3.85. The standard InChI is InChI=1S/C13H16N2S/c1-10-5-4-6-12(7-10)13(14-3)8-15-11(2)9-16-15/h4-9,14H,1-3H3/b13-8-. The molecule has 3 heteroatoms. The molecule has 1 aromatic carbocycles. The van der Waals surface area contributed by atoms with Crippen molar-refractivity contribution in [2.75, 3.05) is 7.05 Å². The molecule has 0 saturated heterocycles. The van der Waals surface area contributed by atoms with Crippen molar-refractivity contribution in [3.63, 3.8) is 0 Å². The van der Waals surface area contributed by atoms with E-state index in [9.17, 15) is 0 Å². The predicted octanol–water partition coefficient (Wildman–Crippen LogP) is 3.34. The summed E-state index contributed by atoms with van der Waals surface area (Å²) in [6.07, 6.45) is 2.13. The van der Waals surface area contributed by atoms with Crippen LogP contribution in [-0.4, -0.2) is 11.0 Å². The summed E-state index contributed by atoms with van der Waals surface area (Å²) in [6.45, 7) is 4.22. The predicted molar refractivity (Wildman–Crippen MR) is 71.5 cm³/mol. The molecule has 16 heavy (non-hydrogen) atoms. The molecule has 0 saturated carbocycles. The van der Waals surface area contributed by atoms with E-state index in [0.29, 0.717) is 0 Å². The molecular weight excluding hydrogens is 216 g/mol. The van der Waals surface area contributed by atoms with Crippen molar-refractivity contribution in [2.24, 2.45) is 0 Å². The lowest BCUT2D eigenvalue weighted by Crippen LogP contribution is -2.07. The van der Waals surface area contributed by atoms with Crippen LogP contribution in [0.2, 0.25) is 0 Å². The van der Waals surface area contributed by atoms with Gasteiger partial charge < -0.3 is 5.32 Å². The topological polar surface area (TPSA) is 17.0 Å². The van der Waals surface area contributed by atoms with Crippen LogP contribution in [0.1, 0.15) is 16.8 Å². The van der Waals surface area contributed by atoms with Gasteiger partial charge in [0.25, 0.3) is 0 Å². The number of benzene rings is 1. The number of aromatic nitrogens is 1. The summed E-state index contributed by atoms with van der Waals surface area (Å²) in [5, 5.41) is 5.38. The van der Waals surface area contributed by atoms with Gasteiger partial charge in [0.2, 0.25) is 0 Å². The minimum atomic E-state index is 1.14. The fourth-order valence-electron chi connectivity index (χ4n) is 1.56. The van der Waals surface area contributed by atoms with Crippen LogP contribution < -0.4 is 5.32 Å². The maximum Gasteiger partial charge on any atom is 0.0590 e. The maximum absolute atomic E-state index is 3.24.